The molecule has 0 saturated carbocycles. The Hall–Kier alpha value is -1.85. The number of amides is 1. The van der Waals surface area contributed by atoms with Crippen LogP contribution in [0.1, 0.15) is 117 Å². The lowest BCUT2D eigenvalue weighted by molar-refractivity contribution is -0.147. The summed E-state index contributed by atoms with van der Waals surface area (Å²) < 4.78 is 0. The lowest BCUT2D eigenvalue weighted by atomic mass is 9.98. The van der Waals surface area contributed by atoms with Gasteiger partial charge in [0.1, 0.15) is 6.04 Å². The van der Waals surface area contributed by atoms with E-state index >= 15 is 0 Å². The molecule has 0 aliphatic carbocycles. The summed E-state index contributed by atoms with van der Waals surface area (Å²) >= 11 is 0. The van der Waals surface area contributed by atoms with Gasteiger partial charge in [-0.2, -0.15) is 0 Å². The molecule has 0 aliphatic heterocycles. The Morgan fingerprint density at radius 2 is 1.13 bits per heavy atom. The number of allylic oxidation sites excluding steroid dienone is 2. The molecule has 0 rings (SSSR count). The van der Waals surface area contributed by atoms with Crippen molar-refractivity contribution in [2.75, 3.05) is 0 Å². The number of carbonyl (C=O) groups is 3. The molecule has 0 heterocycles. The second-order valence-corrected chi connectivity index (χ2v) is 8.40. The minimum atomic E-state index is -1.36. The van der Waals surface area contributed by atoms with Crippen LogP contribution in [0.2, 0.25) is 0 Å². The topological polar surface area (TPSA) is 104 Å². The third-order valence-electron chi connectivity index (χ3n) is 5.60. The predicted octanol–water partition coefficient (Wildman–Crippen LogP) is 5.85. The Balaban J connectivity index is 3.81. The van der Waals surface area contributed by atoms with Gasteiger partial charge in [0.05, 0.1) is 6.42 Å². The van der Waals surface area contributed by atoms with E-state index in [0.29, 0.717) is 6.42 Å². The van der Waals surface area contributed by atoms with E-state index in [2.05, 4.69) is 26.1 Å². The average Bonchev–Trinajstić information content (AvgIpc) is 2.68. The quantitative estimate of drug-likeness (QED) is 0.178. The van der Waals surface area contributed by atoms with Crippen LogP contribution >= 0.6 is 0 Å². The highest BCUT2D eigenvalue weighted by Gasteiger charge is 2.22. The summed E-state index contributed by atoms with van der Waals surface area (Å²) in [6, 6.07) is -1.36. The summed E-state index contributed by atoms with van der Waals surface area (Å²) in [5.74, 6) is -2.96. The molecule has 174 valence electrons. The largest absolute Gasteiger partial charge is 0.481 e. The molecule has 0 aromatic heterocycles. The van der Waals surface area contributed by atoms with Crippen molar-refractivity contribution in [1.82, 2.24) is 5.32 Å². The number of aliphatic carboxylic acids is 2. The molecule has 1 atom stereocenters. The maximum absolute atomic E-state index is 11.8. The molecule has 6 nitrogen and oxygen atoms in total. The van der Waals surface area contributed by atoms with Gasteiger partial charge in [0.25, 0.3) is 0 Å². The normalized spacial score (nSPS) is 12.9. The molecule has 0 aromatic carbocycles. The van der Waals surface area contributed by atoms with Crippen molar-refractivity contribution in [1.29, 1.82) is 0 Å². The van der Waals surface area contributed by atoms with Gasteiger partial charge < -0.3 is 15.5 Å². The van der Waals surface area contributed by atoms with Crippen molar-refractivity contribution in [3.8, 4) is 0 Å². The van der Waals surface area contributed by atoms with Crippen LogP contribution in [0.25, 0.3) is 0 Å². The molecular weight excluding hydrogens is 382 g/mol. The Morgan fingerprint density at radius 3 is 1.57 bits per heavy atom. The summed E-state index contributed by atoms with van der Waals surface area (Å²) in [5, 5.41) is 19.9. The zero-order chi connectivity index (χ0) is 22.8. The molecule has 30 heavy (non-hydrogen) atoms. The summed E-state index contributed by atoms with van der Waals surface area (Å²) in [7, 11) is 0. The van der Waals surface area contributed by atoms with E-state index in [4.69, 9.17) is 10.2 Å². The van der Waals surface area contributed by atoms with Gasteiger partial charge in [-0.05, 0) is 46.0 Å². The average molecular weight is 426 g/mol. The number of rotatable bonds is 19. The van der Waals surface area contributed by atoms with Crippen LogP contribution in [-0.2, 0) is 14.4 Å². The van der Waals surface area contributed by atoms with Crippen LogP contribution in [0, 0.1) is 0 Å². The lowest BCUT2D eigenvalue weighted by Gasteiger charge is -2.12. The minimum absolute atomic E-state index is 0.236. The zero-order valence-corrected chi connectivity index (χ0v) is 19.3. The standard InChI is InChI=1S/C24H43NO5/c1-4-5-6-7-9-12-15-19(2)20(3)16-13-10-8-11-14-17-22(26)25-21(24(29)30)18-23(27)28/h21H,4-18H2,1-3H3,(H,25,26)(H,27,28)(H,29,30)/b20-19-. The molecule has 1 amide bonds. The number of carbonyl (C=O) groups excluding carboxylic acids is 1. The SMILES string of the molecule is CCCCCCCC/C(C)=C(/C)CCCCCCCC(=O)NC(CC(=O)O)C(=O)O. The first-order chi connectivity index (χ1) is 14.3. The van der Waals surface area contributed by atoms with E-state index in [1.54, 1.807) is 0 Å². The van der Waals surface area contributed by atoms with Gasteiger partial charge in [-0.25, -0.2) is 4.79 Å². The first-order valence-corrected chi connectivity index (χ1v) is 11.7. The summed E-state index contributed by atoms with van der Waals surface area (Å²) in [6.45, 7) is 6.75. The number of nitrogens with one attached hydrogen (secondary N) is 1. The van der Waals surface area contributed by atoms with E-state index in [1.165, 1.54) is 56.1 Å². The van der Waals surface area contributed by atoms with E-state index in [0.717, 1.165) is 32.1 Å². The molecule has 0 spiro atoms. The van der Waals surface area contributed by atoms with Gasteiger partial charge in [0, 0.05) is 6.42 Å². The molecule has 1 unspecified atom stereocenters. The molecule has 6 heteroatoms. The fraction of sp³-hybridized carbons (Fsp3) is 0.792. The van der Waals surface area contributed by atoms with E-state index in [1.807, 2.05) is 0 Å². The monoisotopic (exact) mass is 425 g/mol. The Morgan fingerprint density at radius 1 is 0.700 bits per heavy atom. The van der Waals surface area contributed by atoms with Gasteiger partial charge >= 0.3 is 11.9 Å². The third-order valence-corrected chi connectivity index (χ3v) is 5.60. The highest BCUT2D eigenvalue weighted by atomic mass is 16.4. The maximum Gasteiger partial charge on any atom is 0.326 e. The fourth-order valence-corrected chi connectivity index (χ4v) is 3.44. The molecule has 0 aliphatic rings. The molecule has 0 fully saturated rings. The highest BCUT2D eigenvalue weighted by Crippen LogP contribution is 2.19. The number of carboxylic acids is 2. The van der Waals surface area contributed by atoms with Gasteiger partial charge in [0.15, 0.2) is 0 Å². The Kier molecular flexibility index (Phi) is 16.9. The second-order valence-electron chi connectivity index (χ2n) is 8.40. The van der Waals surface area contributed by atoms with Crippen molar-refractivity contribution in [2.45, 2.75) is 123 Å². The molecule has 0 saturated heterocycles. The molecule has 0 aromatic rings. The molecule has 3 N–H and O–H groups in total. The smallest absolute Gasteiger partial charge is 0.326 e. The maximum atomic E-state index is 11.8. The lowest BCUT2D eigenvalue weighted by Crippen LogP contribution is -2.42. The van der Waals surface area contributed by atoms with Crippen LogP contribution in [-0.4, -0.2) is 34.1 Å². The van der Waals surface area contributed by atoms with Crippen molar-refractivity contribution in [3.63, 3.8) is 0 Å². The van der Waals surface area contributed by atoms with E-state index in [9.17, 15) is 14.4 Å². The van der Waals surface area contributed by atoms with Crippen molar-refractivity contribution < 1.29 is 24.6 Å². The van der Waals surface area contributed by atoms with Gasteiger partial charge in [0.2, 0.25) is 5.91 Å². The van der Waals surface area contributed by atoms with Crippen LogP contribution < -0.4 is 5.32 Å². The zero-order valence-electron chi connectivity index (χ0n) is 19.3. The Bertz CT molecular complexity index is 542. The van der Waals surface area contributed by atoms with Gasteiger partial charge in [-0.1, -0.05) is 69.4 Å². The number of unbranched alkanes of at least 4 members (excludes halogenated alkanes) is 9. The van der Waals surface area contributed by atoms with Crippen molar-refractivity contribution >= 4 is 17.8 Å². The Labute approximate surface area is 182 Å². The highest BCUT2D eigenvalue weighted by molar-refractivity contribution is 5.86. The molecular formula is C24H43NO5. The van der Waals surface area contributed by atoms with Gasteiger partial charge in [-0.15, -0.1) is 0 Å². The summed E-state index contributed by atoms with van der Waals surface area (Å²) in [6.07, 6.45) is 14.9. The van der Waals surface area contributed by atoms with E-state index < -0.39 is 30.3 Å². The van der Waals surface area contributed by atoms with Crippen LogP contribution in [0.4, 0.5) is 0 Å². The second kappa shape index (κ2) is 18.0. The minimum Gasteiger partial charge on any atom is -0.481 e. The molecule has 0 radical (unpaired) electrons. The van der Waals surface area contributed by atoms with Gasteiger partial charge in [-0.3, -0.25) is 9.59 Å². The summed E-state index contributed by atoms with van der Waals surface area (Å²) in [5.41, 5.74) is 3.05. The third kappa shape index (κ3) is 16.0. The fourth-order valence-electron chi connectivity index (χ4n) is 3.44. The van der Waals surface area contributed by atoms with Crippen LogP contribution in [0.5, 0.6) is 0 Å². The van der Waals surface area contributed by atoms with Crippen molar-refractivity contribution in [3.05, 3.63) is 11.1 Å². The van der Waals surface area contributed by atoms with Crippen LogP contribution in [0.15, 0.2) is 11.1 Å². The molecule has 0 bridgehead atoms. The predicted molar refractivity (Wildman–Crippen MR) is 121 cm³/mol. The number of hydrogen-bond acceptors (Lipinski definition) is 3. The first-order valence-electron chi connectivity index (χ1n) is 11.7. The first kappa shape index (κ1) is 28.1. The van der Waals surface area contributed by atoms with Crippen LogP contribution in [0.3, 0.4) is 0 Å². The number of carboxylic acid groups (broad SMARTS) is 2. The van der Waals surface area contributed by atoms with Crippen molar-refractivity contribution in [2.24, 2.45) is 0 Å². The van der Waals surface area contributed by atoms with E-state index in [-0.39, 0.29) is 6.42 Å². The summed E-state index contributed by atoms with van der Waals surface area (Å²) in [4.78, 5) is 33.4. The number of hydrogen-bond donors (Lipinski definition) is 3.